The Hall–Kier alpha value is -2.82. The lowest BCUT2D eigenvalue weighted by molar-refractivity contribution is -0.143. The van der Waals surface area contributed by atoms with Gasteiger partial charge in [-0.2, -0.15) is 0 Å². The molecule has 0 fully saturated rings. The van der Waals surface area contributed by atoms with Crippen LogP contribution in [0, 0.1) is 12.8 Å². The number of hydrogen-bond donors (Lipinski definition) is 1. The highest BCUT2D eigenvalue weighted by atomic mass is 16.5. The Labute approximate surface area is 174 Å². The molecule has 0 saturated heterocycles. The normalized spacial score (nSPS) is 11.8. The van der Waals surface area contributed by atoms with Crippen LogP contribution in [-0.4, -0.2) is 35.9 Å². The number of aryl methyl sites for hydroxylation is 1. The van der Waals surface area contributed by atoms with Crippen LogP contribution in [0.5, 0.6) is 5.75 Å². The largest absolute Gasteiger partial charge is 0.484 e. The van der Waals surface area contributed by atoms with E-state index < -0.39 is 6.04 Å². The lowest BCUT2D eigenvalue weighted by Crippen LogP contribution is -2.50. The molecule has 2 aromatic carbocycles. The van der Waals surface area contributed by atoms with Crippen LogP contribution in [0.2, 0.25) is 0 Å². The second-order valence-corrected chi connectivity index (χ2v) is 7.68. The lowest BCUT2D eigenvalue weighted by atomic mass is 10.1. The maximum atomic E-state index is 13.1. The fourth-order valence-electron chi connectivity index (χ4n) is 3.06. The van der Waals surface area contributed by atoms with Crippen molar-refractivity contribution in [3.63, 3.8) is 0 Å². The molecule has 0 heterocycles. The van der Waals surface area contributed by atoms with E-state index in [1.165, 1.54) is 0 Å². The molecule has 0 aliphatic heterocycles. The SMILES string of the molecule is CC[C@@H](C(=O)NCC(C)C)N(Cc1ccccc1)C(=O)COc1cccc(C)c1. The summed E-state index contributed by atoms with van der Waals surface area (Å²) in [6.45, 7) is 8.83. The number of hydrogen-bond acceptors (Lipinski definition) is 3. The molecule has 0 aromatic heterocycles. The van der Waals surface area contributed by atoms with Gasteiger partial charge in [0.1, 0.15) is 11.8 Å². The van der Waals surface area contributed by atoms with Crippen LogP contribution in [0.1, 0.15) is 38.3 Å². The maximum Gasteiger partial charge on any atom is 0.261 e. The summed E-state index contributed by atoms with van der Waals surface area (Å²) in [6.07, 6.45) is 0.535. The summed E-state index contributed by atoms with van der Waals surface area (Å²) in [5.41, 5.74) is 2.04. The Morgan fingerprint density at radius 3 is 2.41 bits per heavy atom. The molecule has 1 atom stereocenters. The van der Waals surface area contributed by atoms with Gasteiger partial charge < -0.3 is 15.0 Å². The average molecular weight is 397 g/mol. The van der Waals surface area contributed by atoms with Crippen molar-refractivity contribution in [1.29, 1.82) is 0 Å². The molecular weight excluding hydrogens is 364 g/mol. The van der Waals surface area contributed by atoms with E-state index in [0.29, 0.717) is 31.2 Å². The average Bonchev–Trinajstić information content (AvgIpc) is 2.71. The number of benzene rings is 2. The maximum absolute atomic E-state index is 13.1. The van der Waals surface area contributed by atoms with Crippen molar-refractivity contribution in [3.8, 4) is 5.75 Å². The van der Waals surface area contributed by atoms with Crippen molar-refractivity contribution in [2.75, 3.05) is 13.2 Å². The van der Waals surface area contributed by atoms with Crippen LogP contribution < -0.4 is 10.1 Å². The molecule has 0 aliphatic carbocycles. The first-order valence-corrected chi connectivity index (χ1v) is 10.2. The summed E-state index contributed by atoms with van der Waals surface area (Å²) >= 11 is 0. The molecule has 0 unspecified atom stereocenters. The van der Waals surface area contributed by atoms with Crippen LogP contribution >= 0.6 is 0 Å². The molecule has 2 amide bonds. The van der Waals surface area contributed by atoms with E-state index in [-0.39, 0.29) is 18.4 Å². The minimum atomic E-state index is -0.539. The van der Waals surface area contributed by atoms with Crippen molar-refractivity contribution >= 4 is 11.8 Å². The predicted molar refractivity (Wildman–Crippen MR) is 116 cm³/mol. The van der Waals surface area contributed by atoms with E-state index in [1.54, 1.807) is 4.90 Å². The van der Waals surface area contributed by atoms with Gasteiger partial charge >= 0.3 is 0 Å². The molecule has 0 bridgehead atoms. The standard InChI is InChI=1S/C24H32N2O3/c1-5-22(24(28)25-15-18(2)3)26(16-20-11-7-6-8-12-20)23(27)17-29-21-13-9-10-19(4)14-21/h6-14,18,22H,5,15-17H2,1-4H3,(H,25,28)/t22-/m0/s1. The zero-order valence-electron chi connectivity index (χ0n) is 17.9. The summed E-state index contributed by atoms with van der Waals surface area (Å²) < 4.78 is 5.72. The minimum absolute atomic E-state index is 0.107. The predicted octanol–water partition coefficient (Wildman–Crippen LogP) is 3.95. The first-order valence-electron chi connectivity index (χ1n) is 10.2. The van der Waals surface area contributed by atoms with Crippen molar-refractivity contribution in [1.82, 2.24) is 10.2 Å². The van der Waals surface area contributed by atoms with Crippen LogP contribution in [0.4, 0.5) is 0 Å². The first kappa shape index (κ1) is 22.5. The van der Waals surface area contributed by atoms with Gasteiger partial charge in [-0.25, -0.2) is 0 Å². The van der Waals surface area contributed by atoms with Gasteiger partial charge in [0, 0.05) is 13.1 Å². The summed E-state index contributed by atoms with van der Waals surface area (Å²) in [7, 11) is 0. The fraction of sp³-hybridized carbons (Fsp3) is 0.417. The molecule has 1 N–H and O–H groups in total. The second kappa shape index (κ2) is 11.2. The Bertz CT molecular complexity index is 790. The fourth-order valence-corrected chi connectivity index (χ4v) is 3.06. The lowest BCUT2D eigenvalue weighted by Gasteiger charge is -2.30. The van der Waals surface area contributed by atoms with Crippen molar-refractivity contribution in [3.05, 3.63) is 65.7 Å². The Balaban J connectivity index is 2.15. The number of amides is 2. The van der Waals surface area contributed by atoms with Crippen molar-refractivity contribution < 1.29 is 14.3 Å². The first-order chi connectivity index (χ1) is 13.9. The molecule has 0 spiro atoms. The molecule has 156 valence electrons. The van der Waals surface area contributed by atoms with Gasteiger partial charge in [0.05, 0.1) is 0 Å². The number of nitrogens with zero attached hydrogens (tertiary/aromatic N) is 1. The zero-order valence-corrected chi connectivity index (χ0v) is 17.9. The summed E-state index contributed by atoms with van der Waals surface area (Å²) in [5.74, 6) is 0.664. The van der Waals surface area contributed by atoms with Gasteiger partial charge in [0.2, 0.25) is 5.91 Å². The van der Waals surface area contributed by atoms with Gasteiger partial charge in [-0.15, -0.1) is 0 Å². The number of ether oxygens (including phenoxy) is 1. The minimum Gasteiger partial charge on any atom is -0.484 e. The number of rotatable bonds is 10. The highest BCUT2D eigenvalue weighted by Crippen LogP contribution is 2.15. The van der Waals surface area contributed by atoms with E-state index in [9.17, 15) is 9.59 Å². The van der Waals surface area contributed by atoms with Crippen molar-refractivity contribution in [2.24, 2.45) is 5.92 Å². The molecule has 5 heteroatoms. The third-order valence-electron chi connectivity index (χ3n) is 4.62. The molecule has 0 saturated carbocycles. The molecule has 2 aromatic rings. The van der Waals surface area contributed by atoms with Crippen LogP contribution in [0.25, 0.3) is 0 Å². The van der Waals surface area contributed by atoms with E-state index in [0.717, 1.165) is 11.1 Å². The number of nitrogens with one attached hydrogen (secondary N) is 1. The highest BCUT2D eigenvalue weighted by Gasteiger charge is 2.28. The number of carbonyl (C=O) groups is 2. The molecule has 2 rings (SSSR count). The zero-order chi connectivity index (χ0) is 21.2. The van der Waals surface area contributed by atoms with E-state index >= 15 is 0 Å². The Kier molecular flexibility index (Phi) is 8.71. The Morgan fingerprint density at radius 2 is 1.79 bits per heavy atom. The second-order valence-electron chi connectivity index (χ2n) is 7.68. The van der Waals surface area contributed by atoms with Gasteiger partial charge in [-0.1, -0.05) is 63.2 Å². The van der Waals surface area contributed by atoms with Gasteiger partial charge in [-0.05, 0) is 42.5 Å². The van der Waals surface area contributed by atoms with Gasteiger partial charge in [0.15, 0.2) is 6.61 Å². The van der Waals surface area contributed by atoms with Gasteiger partial charge in [-0.3, -0.25) is 9.59 Å². The molecule has 0 radical (unpaired) electrons. The van der Waals surface area contributed by atoms with Crippen LogP contribution in [-0.2, 0) is 16.1 Å². The van der Waals surface area contributed by atoms with Crippen LogP contribution in [0.15, 0.2) is 54.6 Å². The summed E-state index contributed by atoms with van der Waals surface area (Å²) in [6, 6.07) is 16.8. The molecule has 5 nitrogen and oxygen atoms in total. The summed E-state index contributed by atoms with van der Waals surface area (Å²) in [4.78, 5) is 27.5. The topological polar surface area (TPSA) is 58.6 Å². The highest BCUT2D eigenvalue weighted by molar-refractivity contribution is 5.88. The smallest absolute Gasteiger partial charge is 0.261 e. The van der Waals surface area contributed by atoms with E-state index in [2.05, 4.69) is 5.32 Å². The quantitative estimate of drug-likeness (QED) is 0.661. The third-order valence-corrected chi connectivity index (χ3v) is 4.62. The van der Waals surface area contributed by atoms with E-state index in [4.69, 9.17) is 4.74 Å². The molecule has 29 heavy (non-hydrogen) atoms. The third kappa shape index (κ3) is 7.26. The van der Waals surface area contributed by atoms with Crippen LogP contribution in [0.3, 0.4) is 0 Å². The number of carbonyl (C=O) groups excluding carboxylic acids is 2. The summed E-state index contributed by atoms with van der Waals surface area (Å²) in [5, 5.41) is 2.96. The van der Waals surface area contributed by atoms with E-state index in [1.807, 2.05) is 82.3 Å². The molecule has 0 aliphatic rings. The Morgan fingerprint density at radius 1 is 1.07 bits per heavy atom. The van der Waals surface area contributed by atoms with Gasteiger partial charge in [0.25, 0.3) is 5.91 Å². The monoisotopic (exact) mass is 396 g/mol. The molecular formula is C24H32N2O3. The van der Waals surface area contributed by atoms with Crippen molar-refractivity contribution in [2.45, 2.75) is 46.7 Å².